The largest absolute Gasteiger partial charge is 0.493 e. The maximum atomic E-state index is 5.39. The predicted octanol–water partition coefficient (Wildman–Crippen LogP) is 1.92. The molecule has 1 N–H and O–H groups in total. The molecule has 1 aromatic heterocycles. The molecule has 1 atom stereocenters. The van der Waals surface area contributed by atoms with Crippen molar-refractivity contribution in [2.24, 2.45) is 7.05 Å². The van der Waals surface area contributed by atoms with Crippen LogP contribution in [0, 0.1) is 0 Å². The fraction of sp³-hybridized carbons (Fsp3) is 0.467. The van der Waals surface area contributed by atoms with Crippen LogP contribution >= 0.6 is 0 Å². The zero-order chi connectivity index (χ0) is 15.2. The molecule has 6 heteroatoms. The number of aryl methyl sites for hydroxylation is 1. The second-order valence-corrected chi connectivity index (χ2v) is 4.78. The monoisotopic (exact) mass is 290 g/mol. The van der Waals surface area contributed by atoms with E-state index >= 15 is 0 Å². The summed E-state index contributed by atoms with van der Waals surface area (Å²) in [5.41, 5.74) is 2.10. The van der Waals surface area contributed by atoms with Crippen LogP contribution in [0.3, 0.4) is 0 Å². The van der Waals surface area contributed by atoms with Crippen LogP contribution in [0.5, 0.6) is 11.5 Å². The average molecular weight is 290 g/mol. The first kappa shape index (κ1) is 15.3. The highest BCUT2D eigenvalue weighted by atomic mass is 16.5. The number of ether oxygens (including phenoxy) is 2. The highest BCUT2D eigenvalue weighted by Crippen LogP contribution is 2.31. The van der Waals surface area contributed by atoms with Crippen molar-refractivity contribution in [3.63, 3.8) is 0 Å². The molecule has 1 aromatic carbocycles. The Hall–Kier alpha value is -2.08. The van der Waals surface area contributed by atoms with Crippen molar-refractivity contribution in [1.82, 2.24) is 20.3 Å². The van der Waals surface area contributed by atoms with E-state index in [0.717, 1.165) is 30.0 Å². The van der Waals surface area contributed by atoms with Gasteiger partial charge in [-0.05, 0) is 30.7 Å². The van der Waals surface area contributed by atoms with Crippen molar-refractivity contribution >= 4 is 0 Å². The Kier molecular flexibility index (Phi) is 5.16. The molecule has 1 unspecified atom stereocenters. The van der Waals surface area contributed by atoms with Crippen LogP contribution in [0.25, 0.3) is 0 Å². The Bertz CT molecular complexity index is 583. The molecule has 6 nitrogen and oxygen atoms in total. The molecular weight excluding hydrogens is 268 g/mol. The van der Waals surface area contributed by atoms with Crippen LogP contribution in [0.4, 0.5) is 0 Å². The second kappa shape index (κ2) is 7.08. The smallest absolute Gasteiger partial charge is 0.161 e. The molecule has 1 heterocycles. The third kappa shape index (κ3) is 3.33. The van der Waals surface area contributed by atoms with Crippen LogP contribution in [-0.4, -0.2) is 35.8 Å². The van der Waals surface area contributed by atoms with E-state index in [9.17, 15) is 0 Å². The molecule has 0 saturated carbocycles. The molecule has 114 valence electrons. The Morgan fingerprint density at radius 3 is 2.57 bits per heavy atom. The number of methoxy groups -OCH3 is 2. The topological polar surface area (TPSA) is 61.2 Å². The van der Waals surface area contributed by atoms with Gasteiger partial charge in [0.25, 0.3) is 0 Å². The minimum atomic E-state index is 0.0183. The summed E-state index contributed by atoms with van der Waals surface area (Å²) >= 11 is 0. The van der Waals surface area contributed by atoms with Crippen molar-refractivity contribution in [2.45, 2.75) is 19.4 Å². The predicted molar refractivity (Wildman–Crippen MR) is 80.7 cm³/mol. The van der Waals surface area contributed by atoms with E-state index in [2.05, 4.69) is 22.6 Å². The van der Waals surface area contributed by atoms with Crippen molar-refractivity contribution in [3.05, 3.63) is 35.7 Å². The van der Waals surface area contributed by atoms with Crippen LogP contribution in [-0.2, 0) is 7.05 Å². The zero-order valence-electron chi connectivity index (χ0n) is 13.0. The highest BCUT2D eigenvalue weighted by Gasteiger charge is 2.19. The SMILES string of the molecule is CCCNC(c1ccc(OC)c(OC)c1)c1cnnn1C. The van der Waals surface area contributed by atoms with Gasteiger partial charge in [-0.1, -0.05) is 18.2 Å². The minimum Gasteiger partial charge on any atom is -0.493 e. The summed E-state index contributed by atoms with van der Waals surface area (Å²) in [7, 11) is 5.17. The lowest BCUT2D eigenvalue weighted by Gasteiger charge is -2.20. The number of nitrogens with one attached hydrogen (secondary N) is 1. The lowest BCUT2D eigenvalue weighted by molar-refractivity contribution is 0.354. The van der Waals surface area contributed by atoms with E-state index < -0.39 is 0 Å². The standard InChI is InChI=1S/C15H22N4O2/c1-5-8-16-15(12-10-17-18-19(12)2)11-6-7-13(20-3)14(9-11)21-4/h6-7,9-10,15-16H,5,8H2,1-4H3. The van der Waals surface area contributed by atoms with Crippen molar-refractivity contribution in [2.75, 3.05) is 20.8 Å². The minimum absolute atomic E-state index is 0.0183. The normalized spacial score (nSPS) is 12.2. The first-order valence-corrected chi connectivity index (χ1v) is 7.01. The molecule has 0 aliphatic rings. The summed E-state index contributed by atoms with van der Waals surface area (Å²) in [6.07, 6.45) is 2.83. The fourth-order valence-electron chi connectivity index (χ4n) is 2.27. The summed E-state index contributed by atoms with van der Waals surface area (Å²) < 4.78 is 12.5. The Morgan fingerprint density at radius 2 is 2.00 bits per heavy atom. The van der Waals surface area contributed by atoms with Crippen molar-refractivity contribution < 1.29 is 9.47 Å². The summed E-state index contributed by atoms with van der Waals surface area (Å²) in [4.78, 5) is 0. The maximum absolute atomic E-state index is 5.39. The zero-order valence-corrected chi connectivity index (χ0v) is 13.0. The first-order chi connectivity index (χ1) is 10.2. The van der Waals surface area contributed by atoms with E-state index in [1.807, 2.05) is 25.2 Å². The van der Waals surface area contributed by atoms with E-state index in [1.165, 1.54) is 0 Å². The van der Waals surface area contributed by atoms with Crippen LogP contribution < -0.4 is 14.8 Å². The molecular formula is C15H22N4O2. The summed E-state index contributed by atoms with van der Waals surface area (Å²) in [5, 5.41) is 11.5. The molecule has 0 radical (unpaired) electrons. The lowest BCUT2D eigenvalue weighted by Crippen LogP contribution is -2.25. The summed E-state index contributed by atoms with van der Waals surface area (Å²) in [6, 6.07) is 5.95. The lowest BCUT2D eigenvalue weighted by atomic mass is 10.0. The van der Waals surface area contributed by atoms with Gasteiger partial charge in [-0.15, -0.1) is 5.10 Å². The van der Waals surface area contributed by atoms with E-state index in [-0.39, 0.29) is 6.04 Å². The van der Waals surface area contributed by atoms with Gasteiger partial charge in [-0.2, -0.15) is 0 Å². The molecule has 0 aliphatic heterocycles. The molecule has 2 rings (SSSR count). The van der Waals surface area contributed by atoms with E-state index in [0.29, 0.717) is 5.75 Å². The highest BCUT2D eigenvalue weighted by molar-refractivity contribution is 5.45. The van der Waals surface area contributed by atoms with Gasteiger partial charge in [-0.25, -0.2) is 0 Å². The number of benzene rings is 1. The van der Waals surface area contributed by atoms with Gasteiger partial charge in [0.2, 0.25) is 0 Å². The molecule has 0 saturated heterocycles. The van der Waals surface area contributed by atoms with Crippen molar-refractivity contribution in [1.29, 1.82) is 0 Å². The third-order valence-corrected chi connectivity index (χ3v) is 3.38. The average Bonchev–Trinajstić information content (AvgIpc) is 2.93. The molecule has 0 bridgehead atoms. The van der Waals surface area contributed by atoms with E-state index in [4.69, 9.17) is 9.47 Å². The molecule has 0 fully saturated rings. The number of aromatic nitrogens is 3. The summed E-state index contributed by atoms with van der Waals surface area (Å²) in [5.74, 6) is 1.44. The molecule has 21 heavy (non-hydrogen) atoms. The number of hydrogen-bond donors (Lipinski definition) is 1. The third-order valence-electron chi connectivity index (χ3n) is 3.38. The van der Waals surface area contributed by atoms with Crippen LogP contribution in [0.15, 0.2) is 24.4 Å². The van der Waals surface area contributed by atoms with Gasteiger partial charge >= 0.3 is 0 Å². The second-order valence-electron chi connectivity index (χ2n) is 4.78. The molecule has 2 aromatic rings. The number of rotatable bonds is 7. The van der Waals surface area contributed by atoms with Crippen LogP contribution in [0.2, 0.25) is 0 Å². The van der Waals surface area contributed by atoms with Gasteiger partial charge in [-0.3, -0.25) is 4.68 Å². The van der Waals surface area contributed by atoms with Gasteiger partial charge in [0.1, 0.15) is 0 Å². The maximum Gasteiger partial charge on any atom is 0.161 e. The molecule has 0 amide bonds. The molecule has 0 spiro atoms. The van der Waals surface area contributed by atoms with Crippen LogP contribution in [0.1, 0.15) is 30.6 Å². The van der Waals surface area contributed by atoms with Gasteiger partial charge in [0.05, 0.1) is 32.2 Å². The molecule has 0 aliphatic carbocycles. The fourth-order valence-corrected chi connectivity index (χ4v) is 2.27. The number of nitrogens with zero attached hydrogens (tertiary/aromatic N) is 3. The van der Waals surface area contributed by atoms with Gasteiger partial charge < -0.3 is 14.8 Å². The number of hydrogen-bond acceptors (Lipinski definition) is 5. The van der Waals surface area contributed by atoms with Gasteiger partial charge in [0, 0.05) is 7.05 Å². The van der Waals surface area contributed by atoms with Crippen molar-refractivity contribution in [3.8, 4) is 11.5 Å². The Morgan fingerprint density at radius 1 is 1.24 bits per heavy atom. The van der Waals surface area contributed by atoms with Gasteiger partial charge in [0.15, 0.2) is 11.5 Å². The Balaban J connectivity index is 2.39. The summed E-state index contributed by atoms with van der Waals surface area (Å²) in [6.45, 7) is 3.05. The first-order valence-electron chi connectivity index (χ1n) is 7.01. The quantitative estimate of drug-likeness (QED) is 0.844. The Labute approximate surface area is 125 Å². The van der Waals surface area contributed by atoms with E-state index in [1.54, 1.807) is 25.1 Å².